The monoisotopic (exact) mass is 380 g/mol. The zero-order valence-electron chi connectivity index (χ0n) is 13.0. The van der Waals surface area contributed by atoms with E-state index in [1.165, 1.54) is 11.6 Å². The largest absolute Gasteiger partial charge is 0.495 e. The number of hydrogen-bond acceptors (Lipinski definition) is 5. The summed E-state index contributed by atoms with van der Waals surface area (Å²) in [4.78, 5) is 23.1. The molecule has 0 spiro atoms. The van der Waals surface area contributed by atoms with Gasteiger partial charge in [0.25, 0.3) is 5.56 Å². The lowest BCUT2D eigenvalue weighted by atomic mass is 10.1. The molecule has 1 heterocycles. The van der Waals surface area contributed by atoms with E-state index in [1.54, 1.807) is 26.4 Å². The number of rotatable bonds is 5. The van der Waals surface area contributed by atoms with Crippen LogP contribution < -0.4 is 20.9 Å². The van der Waals surface area contributed by atoms with Crippen LogP contribution in [0, 0.1) is 0 Å². The fourth-order valence-electron chi connectivity index (χ4n) is 1.98. The van der Waals surface area contributed by atoms with E-state index < -0.39 is 0 Å². The Labute approximate surface area is 141 Å². The highest BCUT2D eigenvalue weighted by atomic mass is 79.9. The second-order valence-electron chi connectivity index (χ2n) is 4.87. The van der Waals surface area contributed by atoms with Gasteiger partial charge in [-0.2, -0.15) is 5.10 Å². The summed E-state index contributed by atoms with van der Waals surface area (Å²) in [6, 6.07) is 5.47. The summed E-state index contributed by atoms with van der Waals surface area (Å²) in [5, 5.41) is 9.83. The smallest absolute Gasteiger partial charge is 0.282 e. The van der Waals surface area contributed by atoms with Crippen molar-refractivity contribution in [2.75, 3.05) is 17.7 Å². The van der Waals surface area contributed by atoms with Crippen LogP contribution in [-0.4, -0.2) is 22.8 Å². The average Bonchev–Trinajstić information content (AvgIpc) is 2.51. The highest BCUT2D eigenvalue weighted by Gasteiger charge is 2.09. The van der Waals surface area contributed by atoms with Crippen LogP contribution in [0.5, 0.6) is 5.75 Å². The Hall–Kier alpha value is -2.35. The van der Waals surface area contributed by atoms with Crippen molar-refractivity contribution in [3.63, 3.8) is 0 Å². The molecule has 0 radical (unpaired) electrons. The summed E-state index contributed by atoms with van der Waals surface area (Å²) in [5.41, 5.74) is 1.90. The van der Waals surface area contributed by atoms with Crippen LogP contribution in [-0.2, 0) is 18.4 Å². The molecule has 2 rings (SSSR count). The van der Waals surface area contributed by atoms with Gasteiger partial charge in [0.15, 0.2) is 0 Å². The zero-order chi connectivity index (χ0) is 17.0. The van der Waals surface area contributed by atoms with Gasteiger partial charge in [-0.25, -0.2) is 4.68 Å². The molecular formula is C15H17BrN4O3. The van der Waals surface area contributed by atoms with Gasteiger partial charge >= 0.3 is 0 Å². The zero-order valence-corrected chi connectivity index (χ0v) is 14.6. The fraction of sp³-hybridized carbons (Fsp3) is 0.267. The van der Waals surface area contributed by atoms with Gasteiger partial charge in [-0.1, -0.05) is 6.07 Å². The minimum Gasteiger partial charge on any atom is -0.495 e. The number of ether oxygens (including phenoxy) is 1. The highest BCUT2D eigenvalue weighted by Crippen LogP contribution is 2.26. The number of carbonyl (C=O) groups excluding carboxylic acids is 1. The van der Waals surface area contributed by atoms with Crippen LogP contribution in [0.15, 0.2) is 33.7 Å². The molecule has 0 aliphatic rings. The lowest BCUT2D eigenvalue weighted by molar-refractivity contribution is -0.114. The van der Waals surface area contributed by atoms with Crippen molar-refractivity contribution in [1.29, 1.82) is 0 Å². The molecule has 23 heavy (non-hydrogen) atoms. The summed E-state index contributed by atoms with van der Waals surface area (Å²) >= 11 is 3.26. The molecular weight excluding hydrogens is 364 g/mol. The van der Waals surface area contributed by atoms with Gasteiger partial charge < -0.3 is 15.4 Å². The topological polar surface area (TPSA) is 85.2 Å². The molecule has 0 aliphatic carbocycles. The standard InChI is InChI=1S/C15H17BrN4O3/c1-9(21)19-11-6-10(4-5-13(11)23-3)7-17-12-8-18-20(2)15(22)14(12)16/h4-6,8,17H,7H2,1-3H3,(H,19,21). The molecule has 2 N–H and O–H groups in total. The van der Waals surface area contributed by atoms with Crippen molar-refractivity contribution >= 4 is 33.2 Å². The van der Waals surface area contributed by atoms with Crippen LogP contribution in [0.25, 0.3) is 0 Å². The van der Waals surface area contributed by atoms with E-state index in [9.17, 15) is 9.59 Å². The summed E-state index contributed by atoms with van der Waals surface area (Å²) in [6.45, 7) is 1.90. The first-order valence-corrected chi connectivity index (χ1v) is 7.62. The lowest BCUT2D eigenvalue weighted by Gasteiger charge is -2.12. The van der Waals surface area contributed by atoms with Crippen LogP contribution in [0.3, 0.4) is 0 Å². The molecule has 0 saturated heterocycles. The van der Waals surface area contributed by atoms with Gasteiger partial charge in [-0.15, -0.1) is 0 Å². The molecule has 0 fully saturated rings. The van der Waals surface area contributed by atoms with Crippen molar-refractivity contribution in [3.05, 3.63) is 44.8 Å². The summed E-state index contributed by atoms with van der Waals surface area (Å²) in [7, 11) is 3.13. The predicted molar refractivity (Wildman–Crippen MR) is 91.8 cm³/mol. The normalized spacial score (nSPS) is 10.3. The highest BCUT2D eigenvalue weighted by molar-refractivity contribution is 9.10. The van der Waals surface area contributed by atoms with E-state index in [-0.39, 0.29) is 11.5 Å². The molecule has 0 saturated carbocycles. The first-order valence-electron chi connectivity index (χ1n) is 6.82. The molecule has 0 atom stereocenters. The molecule has 1 aromatic carbocycles. The minimum absolute atomic E-state index is 0.174. The minimum atomic E-state index is -0.219. The maximum absolute atomic E-state index is 11.8. The molecule has 1 amide bonds. The summed E-state index contributed by atoms with van der Waals surface area (Å²) in [5.74, 6) is 0.410. The Balaban J connectivity index is 2.19. The number of benzene rings is 1. The first-order chi connectivity index (χ1) is 10.9. The van der Waals surface area contributed by atoms with Crippen molar-refractivity contribution in [3.8, 4) is 5.75 Å². The Bertz CT molecular complexity index is 789. The number of carbonyl (C=O) groups is 1. The van der Waals surface area contributed by atoms with Gasteiger partial charge in [0.1, 0.15) is 10.2 Å². The number of nitrogens with one attached hydrogen (secondary N) is 2. The molecule has 0 bridgehead atoms. The summed E-state index contributed by atoms with van der Waals surface area (Å²) in [6.07, 6.45) is 1.57. The van der Waals surface area contributed by atoms with Crippen molar-refractivity contribution < 1.29 is 9.53 Å². The van der Waals surface area contributed by atoms with E-state index in [0.29, 0.717) is 28.1 Å². The second-order valence-corrected chi connectivity index (χ2v) is 5.66. The van der Waals surface area contributed by atoms with Crippen LogP contribution in [0.4, 0.5) is 11.4 Å². The number of anilines is 2. The number of halogens is 1. The maximum Gasteiger partial charge on any atom is 0.282 e. The maximum atomic E-state index is 11.8. The molecule has 8 heteroatoms. The molecule has 122 valence electrons. The molecule has 7 nitrogen and oxygen atoms in total. The van der Waals surface area contributed by atoms with E-state index in [1.807, 2.05) is 12.1 Å². The second kappa shape index (κ2) is 7.28. The summed E-state index contributed by atoms with van der Waals surface area (Å²) < 4.78 is 6.88. The predicted octanol–water partition coefficient (Wildman–Crippen LogP) is 2.12. The Morgan fingerprint density at radius 3 is 2.78 bits per heavy atom. The molecule has 0 unspecified atom stereocenters. The van der Waals surface area contributed by atoms with E-state index in [2.05, 4.69) is 31.7 Å². The van der Waals surface area contributed by atoms with Crippen LogP contribution >= 0.6 is 15.9 Å². The van der Waals surface area contributed by atoms with Crippen molar-refractivity contribution in [1.82, 2.24) is 9.78 Å². The first kappa shape index (κ1) is 17.0. The third kappa shape index (κ3) is 4.10. The number of aromatic nitrogens is 2. The number of nitrogens with zero attached hydrogens (tertiary/aromatic N) is 2. The number of hydrogen-bond donors (Lipinski definition) is 2. The SMILES string of the molecule is COc1ccc(CNc2cnn(C)c(=O)c2Br)cc1NC(C)=O. The quantitative estimate of drug-likeness (QED) is 0.829. The fourth-order valence-corrected chi connectivity index (χ4v) is 2.48. The van der Waals surface area contributed by atoms with E-state index in [4.69, 9.17) is 4.74 Å². The van der Waals surface area contributed by atoms with Gasteiger partial charge in [-0.3, -0.25) is 9.59 Å². The van der Waals surface area contributed by atoms with Gasteiger partial charge in [0.05, 0.1) is 24.7 Å². The molecule has 2 aromatic rings. The number of aryl methyl sites for hydroxylation is 1. The number of amides is 1. The van der Waals surface area contributed by atoms with Crippen molar-refractivity contribution in [2.45, 2.75) is 13.5 Å². The van der Waals surface area contributed by atoms with Crippen LogP contribution in [0.2, 0.25) is 0 Å². The average molecular weight is 381 g/mol. The molecule has 0 aliphatic heterocycles. The van der Waals surface area contributed by atoms with E-state index in [0.717, 1.165) is 5.56 Å². The lowest BCUT2D eigenvalue weighted by Crippen LogP contribution is -2.21. The third-order valence-electron chi connectivity index (χ3n) is 3.14. The van der Waals surface area contributed by atoms with Gasteiger partial charge in [-0.05, 0) is 33.6 Å². The van der Waals surface area contributed by atoms with Crippen LogP contribution in [0.1, 0.15) is 12.5 Å². The Morgan fingerprint density at radius 1 is 1.39 bits per heavy atom. The molecule has 1 aromatic heterocycles. The van der Waals surface area contributed by atoms with E-state index >= 15 is 0 Å². The van der Waals surface area contributed by atoms with Gasteiger partial charge in [0, 0.05) is 20.5 Å². The third-order valence-corrected chi connectivity index (χ3v) is 3.90. The van der Waals surface area contributed by atoms with Crippen molar-refractivity contribution in [2.24, 2.45) is 7.05 Å². The number of methoxy groups -OCH3 is 1. The Morgan fingerprint density at radius 2 is 2.13 bits per heavy atom. The van der Waals surface area contributed by atoms with Gasteiger partial charge in [0.2, 0.25) is 5.91 Å². The Kier molecular flexibility index (Phi) is 5.38.